The number of aliphatic hydroxyl groups is 1. The molecule has 0 aliphatic carbocycles. The number of carbonyl (C=O) groups excluding carboxylic acids is 1. The third kappa shape index (κ3) is 7.29. The molecule has 9 heteroatoms. The van der Waals surface area contributed by atoms with Crippen LogP contribution < -0.4 is 5.43 Å². The van der Waals surface area contributed by atoms with Crippen LogP contribution in [-0.2, 0) is 16.1 Å². The van der Waals surface area contributed by atoms with Crippen molar-refractivity contribution in [3.05, 3.63) is 58.9 Å². The van der Waals surface area contributed by atoms with Crippen LogP contribution in [0.3, 0.4) is 0 Å². The molecular formula is C21H24ClFN2O5. The minimum atomic E-state index is -1.71. The predicted octanol–water partition coefficient (Wildman–Crippen LogP) is 3.83. The summed E-state index contributed by atoms with van der Waals surface area (Å²) in [4.78, 5) is 23.1. The van der Waals surface area contributed by atoms with Crippen LogP contribution in [0.1, 0.15) is 26.3 Å². The number of carboxylic acids is 1. The molecule has 0 aromatic heterocycles. The highest BCUT2D eigenvalue weighted by Crippen LogP contribution is 2.26. The molecule has 0 aliphatic rings. The second kappa shape index (κ2) is 9.88. The van der Waals surface area contributed by atoms with Crippen molar-refractivity contribution in [1.29, 1.82) is 0 Å². The average molecular weight is 439 g/mol. The number of nitrogens with zero attached hydrogens (tertiary/aromatic N) is 1. The SMILES string of the molecule is CC(C)(C)OC(=O)NN(Cc1ccc(-c2cc(Cl)ccc2F)cc1)C[C@@H](O)C(=O)O. The smallest absolute Gasteiger partial charge is 0.422 e. The monoisotopic (exact) mass is 438 g/mol. The van der Waals surface area contributed by atoms with Crippen LogP contribution in [0.2, 0.25) is 5.02 Å². The lowest BCUT2D eigenvalue weighted by molar-refractivity contribution is -0.148. The standard InChI is InChI=1S/C21H24ClFN2O5/c1-21(2,3)30-20(29)24-25(12-18(26)19(27)28)11-13-4-6-14(7-5-13)16-10-15(22)8-9-17(16)23/h4-10,18,26H,11-12H2,1-3H3,(H,24,29)(H,27,28)/t18-/m1/s1. The van der Waals surface area contributed by atoms with E-state index in [1.165, 1.54) is 23.2 Å². The number of carbonyl (C=O) groups is 2. The summed E-state index contributed by atoms with van der Waals surface area (Å²) < 4.78 is 19.2. The Morgan fingerprint density at radius 3 is 2.40 bits per heavy atom. The number of ether oxygens (including phenoxy) is 1. The normalized spacial score (nSPS) is 12.5. The number of benzene rings is 2. The lowest BCUT2D eigenvalue weighted by atomic mass is 10.0. The van der Waals surface area contributed by atoms with Gasteiger partial charge in [-0.25, -0.2) is 19.0 Å². The van der Waals surface area contributed by atoms with E-state index in [4.69, 9.17) is 21.4 Å². The summed E-state index contributed by atoms with van der Waals surface area (Å²) in [6.45, 7) is 4.80. The number of hydrogen-bond donors (Lipinski definition) is 3. The zero-order chi connectivity index (χ0) is 22.5. The highest BCUT2D eigenvalue weighted by Gasteiger charge is 2.23. The Hall–Kier alpha value is -2.68. The van der Waals surface area contributed by atoms with Crippen LogP contribution >= 0.6 is 11.6 Å². The van der Waals surface area contributed by atoms with Gasteiger partial charge in [0.2, 0.25) is 0 Å². The Morgan fingerprint density at radius 1 is 1.20 bits per heavy atom. The van der Waals surface area contributed by atoms with Crippen molar-refractivity contribution in [2.75, 3.05) is 6.54 Å². The van der Waals surface area contributed by atoms with Crippen LogP contribution in [0.25, 0.3) is 11.1 Å². The van der Waals surface area contributed by atoms with Crippen molar-refractivity contribution < 1.29 is 28.9 Å². The van der Waals surface area contributed by atoms with Crippen LogP contribution in [0.4, 0.5) is 9.18 Å². The maximum atomic E-state index is 14.1. The van der Waals surface area contributed by atoms with Gasteiger partial charge in [-0.3, -0.25) is 5.43 Å². The molecule has 0 aliphatic heterocycles. The summed E-state index contributed by atoms with van der Waals surface area (Å²) >= 11 is 5.94. The zero-order valence-corrected chi connectivity index (χ0v) is 17.6. The van der Waals surface area contributed by atoms with Crippen molar-refractivity contribution in [1.82, 2.24) is 10.4 Å². The minimum absolute atomic E-state index is 0.0852. The topological polar surface area (TPSA) is 99.1 Å². The Labute approximate surface area is 179 Å². The molecule has 0 bridgehead atoms. The van der Waals surface area contributed by atoms with Gasteiger partial charge in [0.1, 0.15) is 11.4 Å². The molecule has 162 valence electrons. The number of halogens is 2. The van der Waals surface area contributed by atoms with E-state index in [2.05, 4.69) is 5.43 Å². The van der Waals surface area contributed by atoms with Gasteiger partial charge >= 0.3 is 12.1 Å². The molecule has 1 atom stereocenters. The van der Waals surface area contributed by atoms with E-state index in [1.54, 1.807) is 45.0 Å². The molecule has 2 aromatic rings. The van der Waals surface area contributed by atoms with Crippen molar-refractivity contribution in [3.8, 4) is 11.1 Å². The van der Waals surface area contributed by atoms with E-state index in [-0.39, 0.29) is 13.1 Å². The fourth-order valence-electron chi connectivity index (χ4n) is 2.60. The molecule has 3 N–H and O–H groups in total. The number of aliphatic hydroxyl groups excluding tert-OH is 1. The first-order valence-corrected chi connectivity index (χ1v) is 9.52. The Balaban J connectivity index is 2.16. The fourth-order valence-corrected chi connectivity index (χ4v) is 2.77. The van der Waals surface area contributed by atoms with Crippen LogP contribution in [0, 0.1) is 5.82 Å². The molecule has 0 saturated heterocycles. The molecule has 1 amide bonds. The molecule has 0 fully saturated rings. The van der Waals surface area contributed by atoms with Gasteiger partial charge in [0.05, 0.1) is 6.54 Å². The Bertz CT molecular complexity index is 899. The number of carboxylic acid groups (broad SMARTS) is 1. The molecule has 2 rings (SSSR count). The van der Waals surface area contributed by atoms with E-state index in [1.807, 2.05) is 0 Å². The number of nitrogens with one attached hydrogen (secondary N) is 1. The number of rotatable bonds is 7. The molecule has 0 heterocycles. The Kier molecular flexibility index (Phi) is 7.77. The van der Waals surface area contributed by atoms with Crippen molar-refractivity contribution in [2.45, 2.75) is 39.0 Å². The maximum Gasteiger partial charge on any atom is 0.422 e. The van der Waals surface area contributed by atoms with Crippen LogP contribution in [0.15, 0.2) is 42.5 Å². The average Bonchev–Trinajstić information content (AvgIpc) is 2.62. The maximum absolute atomic E-state index is 14.1. The van der Waals surface area contributed by atoms with Crippen molar-refractivity contribution in [2.24, 2.45) is 0 Å². The van der Waals surface area contributed by atoms with Crippen molar-refractivity contribution >= 4 is 23.7 Å². The molecular weight excluding hydrogens is 415 g/mol. The highest BCUT2D eigenvalue weighted by atomic mass is 35.5. The van der Waals surface area contributed by atoms with Crippen LogP contribution in [0.5, 0.6) is 0 Å². The van der Waals surface area contributed by atoms with Gasteiger partial charge in [0.25, 0.3) is 0 Å². The van der Waals surface area contributed by atoms with Gasteiger partial charge in [-0.15, -0.1) is 0 Å². The predicted molar refractivity (Wildman–Crippen MR) is 110 cm³/mol. The number of hydrazine groups is 1. The van der Waals surface area contributed by atoms with E-state index < -0.39 is 29.6 Å². The number of amides is 1. The minimum Gasteiger partial charge on any atom is -0.479 e. The van der Waals surface area contributed by atoms with E-state index in [9.17, 15) is 19.1 Å². The molecule has 2 aromatic carbocycles. The second-order valence-electron chi connectivity index (χ2n) is 7.67. The first kappa shape index (κ1) is 23.6. The molecule has 7 nitrogen and oxygen atoms in total. The largest absolute Gasteiger partial charge is 0.479 e. The summed E-state index contributed by atoms with van der Waals surface area (Å²) in [6, 6.07) is 11.0. The lowest BCUT2D eigenvalue weighted by Crippen LogP contribution is -2.48. The summed E-state index contributed by atoms with van der Waals surface area (Å²) in [7, 11) is 0. The van der Waals surface area contributed by atoms with Gasteiger partial charge in [-0.05, 0) is 50.1 Å². The second-order valence-corrected chi connectivity index (χ2v) is 8.11. The van der Waals surface area contributed by atoms with Gasteiger partial charge in [-0.1, -0.05) is 35.9 Å². The summed E-state index contributed by atoms with van der Waals surface area (Å²) in [5.41, 5.74) is 3.34. The number of aliphatic carboxylic acids is 1. The Morgan fingerprint density at radius 2 is 1.83 bits per heavy atom. The van der Waals surface area contributed by atoms with Crippen molar-refractivity contribution in [3.63, 3.8) is 0 Å². The summed E-state index contributed by atoms with van der Waals surface area (Å²) in [5, 5.41) is 20.3. The molecule has 0 spiro atoms. The lowest BCUT2D eigenvalue weighted by Gasteiger charge is -2.27. The zero-order valence-electron chi connectivity index (χ0n) is 16.9. The van der Waals surface area contributed by atoms with Crippen LogP contribution in [-0.4, -0.2) is 45.5 Å². The third-order valence-electron chi connectivity index (χ3n) is 3.89. The van der Waals surface area contributed by atoms with Gasteiger partial charge < -0.3 is 14.9 Å². The fraction of sp³-hybridized carbons (Fsp3) is 0.333. The van der Waals surface area contributed by atoms with Gasteiger partial charge in [0.15, 0.2) is 6.10 Å². The quantitative estimate of drug-likeness (QED) is 0.568. The van der Waals surface area contributed by atoms with Gasteiger partial charge in [0, 0.05) is 17.1 Å². The summed E-state index contributed by atoms with van der Waals surface area (Å²) in [5.74, 6) is -1.83. The summed E-state index contributed by atoms with van der Waals surface area (Å²) in [6.07, 6.45) is -2.49. The first-order valence-electron chi connectivity index (χ1n) is 9.14. The molecule has 30 heavy (non-hydrogen) atoms. The molecule has 0 saturated carbocycles. The molecule has 0 radical (unpaired) electrons. The van der Waals surface area contributed by atoms with E-state index in [0.29, 0.717) is 21.7 Å². The van der Waals surface area contributed by atoms with E-state index in [0.717, 1.165) is 0 Å². The third-order valence-corrected chi connectivity index (χ3v) is 4.13. The van der Waals surface area contributed by atoms with Gasteiger partial charge in [-0.2, -0.15) is 0 Å². The first-order chi connectivity index (χ1) is 13.9. The van der Waals surface area contributed by atoms with E-state index >= 15 is 0 Å². The highest BCUT2D eigenvalue weighted by molar-refractivity contribution is 6.30. The molecule has 0 unspecified atom stereocenters. The number of hydrogen-bond acceptors (Lipinski definition) is 5.